The number of aromatic nitrogens is 2. The molecule has 1 atom stereocenters. The Morgan fingerprint density at radius 1 is 1.26 bits per heavy atom. The Bertz CT molecular complexity index is 395. The molecule has 1 unspecified atom stereocenters. The van der Waals surface area contributed by atoms with Gasteiger partial charge in [0, 0.05) is 24.4 Å². The van der Waals surface area contributed by atoms with Gasteiger partial charge in [0.1, 0.15) is 12.1 Å². The monoisotopic (exact) mass is 263 g/mol. The molecule has 0 bridgehead atoms. The van der Waals surface area contributed by atoms with Crippen LogP contribution in [0.15, 0.2) is 6.33 Å². The van der Waals surface area contributed by atoms with Crippen molar-refractivity contribution in [1.82, 2.24) is 9.97 Å². The molecule has 0 spiro atoms. The van der Waals surface area contributed by atoms with Crippen molar-refractivity contribution in [3.05, 3.63) is 17.6 Å². The predicted octanol–water partition coefficient (Wildman–Crippen LogP) is 2.57. The number of hydrogen-bond acceptors (Lipinski definition) is 4. The zero-order valence-electron chi connectivity index (χ0n) is 11.9. The number of nitrogens with one attached hydrogen (secondary N) is 1. The first-order chi connectivity index (χ1) is 9.31. The second-order valence-electron chi connectivity index (χ2n) is 5.56. The SMILES string of the molecule is CC(CO)CCCNc1ncnc2c1CCCCC2. The molecule has 106 valence electrons. The van der Waals surface area contributed by atoms with E-state index in [4.69, 9.17) is 5.11 Å². The molecule has 0 aromatic carbocycles. The summed E-state index contributed by atoms with van der Waals surface area (Å²) in [6, 6.07) is 0. The molecule has 0 saturated heterocycles. The zero-order valence-corrected chi connectivity index (χ0v) is 11.9. The number of aliphatic hydroxyl groups is 1. The molecule has 4 heteroatoms. The van der Waals surface area contributed by atoms with E-state index in [0.717, 1.165) is 38.0 Å². The van der Waals surface area contributed by atoms with Gasteiger partial charge in [-0.05, 0) is 44.4 Å². The molecule has 0 radical (unpaired) electrons. The fraction of sp³-hybridized carbons (Fsp3) is 0.733. The first-order valence-electron chi connectivity index (χ1n) is 7.48. The highest BCUT2D eigenvalue weighted by Crippen LogP contribution is 2.23. The van der Waals surface area contributed by atoms with E-state index in [9.17, 15) is 0 Å². The van der Waals surface area contributed by atoms with Gasteiger partial charge < -0.3 is 10.4 Å². The van der Waals surface area contributed by atoms with E-state index >= 15 is 0 Å². The second kappa shape index (κ2) is 7.43. The molecule has 0 fully saturated rings. The first-order valence-corrected chi connectivity index (χ1v) is 7.48. The van der Waals surface area contributed by atoms with E-state index in [0.29, 0.717) is 5.92 Å². The smallest absolute Gasteiger partial charge is 0.132 e. The summed E-state index contributed by atoms with van der Waals surface area (Å²) >= 11 is 0. The van der Waals surface area contributed by atoms with E-state index in [1.807, 2.05) is 0 Å². The van der Waals surface area contributed by atoms with Crippen LogP contribution < -0.4 is 5.32 Å². The van der Waals surface area contributed by atoms with Gasteiger partial charge in [-0.3, -0.25) is 0 Å². The summed E-state index contributed by atoms with van der Waals surface area (Å²) in [6.07, 6.45) is 9.79. The lowest BCUT2D eigenvalue weighted by molar-refractivity contribution is 0.229. The molecule has 0 saturated carbocycles. The van der Waals surface area contributed by atoms with Gasteiger partial charge in [-0.15, -0.1) is 0 Å². The van der Waals surface area contributed by atoms with Gasteiger partial charge in [0.15, 0.2) is 0 Å². The highest BCUT2D eigenvalue weighted by Gasteiger charge is 2.13. The average molecular weight is 263 g/mol. The highest BCUT2D eigenvalue weighted by molar-refractivity contribution is 5.46. The molecule has 1 aromatic heterocycles. The molecule has 1 heterocycles. The molecule has 4 nitrogen and oxygen atoms in total. The number of hydrogen-bond donors (Lipinski definition) is 2. The largest absolute Gasteiger partial charge is 0.396 e. The van der Waals surface area contributed by atoms with Gasteiger partial charge in [-0.25, -0.2) is 9.97 Å². The number of aryl methyl sites for hydroxylation is 1. The number of anilines is 1. The minimum Gasteiger partial charge on any atom is -0.396 e. The van der Waals surface area contributed by atoms with Gasteiger partial charge in [-0.2, -0.15) is 0 Å². The lowest BCUT2D eigenvalue weighted by atomic mass is 10.1. The van der Waals surface area contributed by atoms with E-state index in [-0.39, 0.29) is 6.61 Å². The van der Waals surface area contributed by atoms with Crippen LogP contribution in [0.3, 0.4) is 0 Å². The fourth-order valence-corrected chi connectivity index (χ4v) is 2.60. The van der Waals surface area contributed by atoms with E-state index in [2.05, 4.69) is 22.2 Å². The molecule has 0 amide bonds. The molecule has 1 aliphatic rings. The molecular weight excluding hydrogens is 238 g/mol. The third-order valence-electron chi connectivity index (χ3n) is 3.85. The van der Waals surface area contributed by atoms with Crippen LogP contribution in [-0.4, -0.2) is 28.2 Å². The average Bonchev–Trinajstić information content (AvgIpc) is 2.69. The maximum absolute atomic E-state index is 9.00. The van der Waals surface area contributed by atoms with Crippen molar-refractivity contribution in [3.8, 4) is 0 Å². The minimum absolute atomic E-state index is 0.281. The van der Waals surface area contributed by atoms with Crippen molar-refractivity contribution in [2.75, 3.05) is 18.5 Å². The quantitative estimate of drug-likeness (QED) is 0.612. The van der Waals surface area contributed by atoms with Crippen LogP contribution in [0.25, 0.3) is 0 Å². The van der Waals surface area contributed by atoms with Crippen LogP contribution in [0.4, 0.5) is 5.82 Å². The fourth-order valence-electron chi connectivity index (χ4n) is 2.60. The predicted molar refractivity (Wildman–Crippen MR) is 77.3 cm³/mol. The van der Waals surface area contributed by atoms with Crippen molar-refractivity contribution in [2.45, 2.75) is 51.9 Å². The standard InChI is InChI=1S/C15H25N3O/c1-12(10-19)6-5-9-16-15-13-7-3-2-4-8-14(13)17-11-18-15/h11-12,19H,2-10H2,1H3,(H,16,17,18). The third-order valence-corrected chi connectivity index (χ3v) is 3.85. The number of aliphatic hydroxyl groups excluding tert-OH is 1. The van der Waals surface area contributed by atoms with Crippen molar-refractivity contribution < 1.29 is 5.11 Å². The third kappa shape index (κ3) is 4.16. The van der Waals surface area contributed by atoms with E-state index in [1.165, 1.54) is 30.5 Å². The maximum atomic E-state index is 9.00. The van der Waals surface area contributed by atoms with Gasteiger partial charge in [0.25, 0.3) is 0 Å². The number of nitrogens with zero attached hydrogens (tertiary/aromatic N) is 2. The topological polar surface area (TPSA) is 58.0 Å². The highest BCUT2D eigenvalue weighted by atomic mass is 16.3. The molecule has 2 rings (SSSR count). The Balaban J connectivity index is 1.89. The Hall–Kier alpha value is -1.16. The maximum Gasteiger partial charge on any atom is 0.132 e. The summed E-state index contributed by atoms with van der Waals surface area (Å²) in [6.45, 7) is 3.29. The molecule has 2 N–H and O–H groups in total. The van der Waals surface area contributed by atoms with E-state index < -0.39 is 0 Å². The van der Waals surface area contributed by atoms with Crippen LogP contribution in [-0.2, 0) is 12.8 Å². The van der Waals surface area contributed by atoms with Crippen LogP contribution in [0, 0.1) is 5.92 Å². The molecule has 1 aromatic rings. The first kappa shape index (κ1) is 14.3. The summed E-state index contributed by atoms with van der Waals surface area (Å²) < 4.78 is 0. The number of fused-ring (bicyclic) bond motifs is 1. The van der Waals surface area contributed by atoms with Gasteiger partial charge in [0.2, 0.25) is 0 Å². The second-order valence-corrected chi connectivity index (χ2v) is 5.56. The summed E-state index contributed by atoms with van der Waals surface area (Å²) in [7, 11) is 0. The Morgan fingerprint density at radius 2 is 2.11 bits per heavy atom. The summed E-state index contributed by atoms with van der Waals surface area (Å²) in [4.78, 5) is 8.82. The Morgan fingerprint density at radius 3 is 2.95 bits per heavy atom. The summed E-state index contributed by atoms with van der Waals surface area (Å²) in [5.74, 6) is 1.42. The lowest BCUT2D eigenvalue weighted by Crippen LogP contribution is -2.10. The van der Waals surface area contributed by atoms with Crippen LogP contribution in [0.1, 0.15) is 50.3 Å². The Kier molecular flexibility index (Phi) is 5.58. The van der Waals surface area contributed by atoms with Crippen LogP contribution >= 0.6 is 0 Å². The van der Waals surface area contributed by atoms with Crippen LogP contribution in [0.5, 0.6) is 0 Å². The Labute approximate surface area is 115 Å². The van der Waals surface area contributed by atoms with Gasteiger partial charge in [-0.1, -0.05) is 13.3 Å². The lowest BCUT2D eigenvalue weighted by Gasteiger charge is -2.13. The summed E-state index contributed by atoms with van der Waals surface area (Å²) in [5.41, 5.74) is 2.56. The zero-order chi connectivity index (χ0) is 13.5. The van der Waals surface area contributed by atoms with Gasteiger partial charge >= 0.3 is 0 Å². The summed E-state index contributed by atoms with van der Waals surface area (Å²) in [5, 5.41) is 12.4. The van der Waals surface area contributed by atoms with Crippen LogP contribution in [0.2, 0.25) is 0 Å². The van der Waals surface area contributed by atoms with Crippen molar-refractivity contribution in [3.63, 3.8) is 0 Å². The van der Waals surface area contributed by atoms with Crippen molar-refractivity contribution >= 4 is 5.82 Å². The number of rotatable bonds is 6. The van der Waals surface area contributed by atoms with Crippen molar-refractivity contribution in [1.29, 1.82) is 0 Å². The van der Waals surface area contributed by atoms with Crippen molar-refractivity contribution in [2.24, 2.45) is 5.92 Å². The van der Waals surface area contributed by atoms with E-state index in [1.54, 1.807) is 6.33 Å². The molecule has 0 aliphatic heterocycles. The molecule has 1 aliphatic carbocycles. The molecule has 19 heavy (non-hydrogen) atoms. The minimum atomic E-state index is 0.281. The molecular formula is C15H25N3O. The van der Waals surface area contributed by atoms with Gasteiger partial charge in [0.05, 0.1) is 0 Å². The normalized spacial score (nSPS) is 16.5.